The van der Waals surface area contributed by atoms with E-state index in [1.54, 1.807) is 18.3 Å². The maximum atomic E-state index is 12.0. The number of nitrogens with two attached hydrogens (primary N) is 1. The number of thiophene rings is 1. The number of benzene rings is 1. The molecule has 4 aromatic rings. The Kier molecular flexibility index (Phi) is 5.27. The summed E-state index contributed by atoms with van der Waals surface area (Å²) in [5.41, 5.74) is 8.68. The molecule has 4 rings (SSSR count). The summed E-state index contributed by atoms with van der Waals surface area (Å²) in [4.78, 5) is 17.5. The molecule has 148 valence electrons. The third-order valence-corrected chi connectivity index (χ3v) is 6.07. The number of hydrogen-bond donors (Lipinski definition) is 2. The van der Waals surface area contributed by atoms with Gasteiger partial charge in [-0.3, -0.25) is 9.20 Å². The van der Waals surface area contributed by atoms with E-state index in [2.05, 4.69) is 4.98 Å². The van der Waals surface area contributed by atoms with Gasteiger partial charge >= 0.3 is 0 Å². The van der Waals surface area contributed by atoms with Crippen LogP contribution in [-0.4, -0.2) is 20.4 Å². The number of carbonyl (C=O) groups excluding carboxylic acids is 1. The molecule has 1 aromatic carbocycles. The average molecular weight is 428 g/mol. The van der Waals surface area contributed by atoms with Crippen LogP contribution in [0, 0.1) is 0 Å². The second kappa shape index (κ2) is 7.87. The monoisotopic (exact) mass is 427 g/mol. The summed E-state index contributed by atoms with van der Waals surface area (Å²) in [6.07, 6.45) is 3.16. The molecule has 29 heavy (non-hydrogen) atoms. The molecule has 0 fully saturated rings. The first kappa shape index (κ1) is 19.4. The molecule has 0 saturated heterocycles. The SMILES string of the molecule is CC(Oc1cc(-c2cnc3ccc(CO)cn23)sc1C(N)=O)c1ccccc1Cl. The molecule has 3 aromatic heterocycles. The number of fused-ring (bicyclic) bond motifs is 1. The lowest BCUT2D eigenvalue weighted by molar-refractivity contribution is 0.0998. The minimum atomic E-state index is -0.563. The third kappa shape index (κ3) is 3.72. The fourth-order valence-electron chi connectivity index (χ4n) is 3.12. The molecule has 1 unspecified atom stereocenters. The predicted octanol–water partition coefficient (Wildman–Crippen LogP) is 4.45. The molecule has 3 N–H and O–H groups in total. The number of aliphatic hydroxyl groups excluding tert-OH is 1. The second-order valence-electron chi connectivity index (χ2n) is 6.52. The summed E-state index contributed by atoms with van der Waals surface area (Å²) in [5, 5.41) is 10.0. The number of aromatic nitrogens is 2. The van der Waals surface area contributed by atoms with E-state index in [4.69, 9.17) is 22.1 Å². The molecule has 0 aliphatic carbocycles. The Bertz CT molecular complexity index is 1200. The molecule has 6 nitrogen and oxygen atoms in total. The lowest BCUT2D eigenvalue weighted by atomic mass is 10.1. The van der Waals surface area contributed by atoms with Crippen LogP contribution in [0.15, 0.2) is 54.9 Å². The van der Waals surface area contributed by atoms with E-state index in [1.165, 1.54) is 11.3 Å². The standard InChI is InChI=1S/C21H18ClN3O3S/c1-12(14-4-2-3-5-15(14)22)28-17-8-18(29-20(17)21(23)27)16-9-24-19-7-6-13(11-26)10-25(16)19/h2-10,12,26H,11H2,1H3,(H2,23,27). The van der Waals surface area contributed by atoms with Crippen LogP contribution in [0.4, 0.5) is 0 Å². The van der Waals surface area contributed by atoms with Gasteiger partial charge in [-0.2, -0.15) is 0 Å². The van der Waals surface area contributed by atoms with Gasteiger partial charge < -0.3 is 15.6 Å². The Morgan fingerprint density at radius 1 is 1.34 bits per heavy atom. The van der Waals surface area contributed by atoms with E-state index >= 15 is 0 Å². The van der Waals surface area contributed by atoms with Gasteiger partial charge in [-0.05, 0) is 24.6 Å². The normalized spacial score (nSPS) is 12.2. The van der Waals surface area contributed by atoms with Crippen molar-refractivity contribution >= 4 is 34.5 Å². The smallest absolute Gasteiger partial charge is 0.262 e. The van der Waals surface area contributed by atoms with Gasteiger partial charge in [0.15, 0.2) is 0 Å². The lowest BCUT2D eigenvalue weighted by Gasteiger charge is -2.16. The molecule has 0 bridgehead atoms. The van der Waals surface area contributed by atoms with Crippen LogP contribution in [-0.2, 0) is 6.61 Å². The summed E-state index contributed by atoms with van der Waals surface area (Å²) in [5.74, 6) is -0.161. The molecule has 0 radical (unpaired) electrons. The Morgan fingerprint density at radius 3 is 2.86 bits per heavy atom. The summed E-state index contributed by atoms with van der Waals surface area (Å²) in [6.45, 7) is 1.79. The maximum absolute atomic E-state index is 12.0. The van der Waals surface area contributed by atoms with Gasteiger partial charge in [0, 0.05) is 22.8 Å². The number of halogens is 1. The number of amides is 1. The Labute approximate surface area is 176 Å². The minimum Gasteiger partial charge on any atom is -0.484 e. The highest BCUT2D eigenvalue weighted by atomic mass is 35.5. The van der Waals surface area contributed by atoms with Crippen LogP contribution in [0.5, 0.6) is 5.75 Å². The lowest BCUT2D eigenvalue weighted by Crippen LogP contribution is -2.12. The first-order chi connectivity index (χ1) is 14.0. The number of carbonyl (C=O) groups is 1. The van der Waals surface area contributed by atoms with E-state index in [-0.39, 0.29) is 12.7 Å². The van der Waals surface area contributed by atoms with Crippen LogP contribution in [0.2, 0.25) is 5.02 Å². The van der Waals surface area contributed by atoms with Crippen molar-refractivity contribution in [2.45, 2.75) is 19.6 Å². The van der Waals surface area contributed by atoms with Crippen molar-refractivity contribution < 1.29 is 14.6 Å². The number of primary amides is 1. The molecule has 0 spiro atoms. The molecule has 0 aliphatic rings. The summed E-state index contributed by atoms with van der Waals surface area (Å²) >= 11 is 7.51. The van der Waals surface area contributed by atoms with Crippen LogP contribution >= 0.6 is 22.9 Å². The van der Waals surface area contributed by atoms with Gasteiger partial charge in [0.2, 0.25) is 0 Å². The van der Waals surface area contributed by atoms with Crippen LogP contribution in [0.3, 0.4) is 0 Å². The van der Waals surface area contributed by atoms with Crippen molar-refractivity contribution in [2.24, 2.45) is 5.73 Å². The zero-order chi connectivity index (χ0) is 20.5. The van der Waals surface area contributed by atoms with Crippen LogP contribution < -0.4 is 10.5 Å². The first-order valence-corrected chi connectivity index (χ1v) is 10.1. The second-order valence-corrected chi connectivity index (χ2v) is 7.98. The van der Waals surface area contributed by atoms with Crippen molar-refractivity contribution in [3.05, 3.63) is 75.9 Å². The number of ether oxygens (including phenoxy) is 1. The number of imidazole rings is 1. The average Bonchev–Trinajstić information content (AvgIpc) is 3.31. The summed E-state index contributed by atoms with van der Waals surface area (Å²) in [7, 11) is 0. The fraction of sp³-hybridized carbons (Fsp3) is 0.143. The van der Waals surface area contributed by atoms with E-state index in [0.717, 1.165) is 27.3 Å². The van der Waals surface area contributed by atoms with Crippen molar-refractivity contribution in [3.63, 3.8) is 0 Å². The molecule has 0 saturated carbocycles. The van der Waals surface area contributed by atoms with Crippen LogP contribution in [0.25, 0.3) is 16.2 Å². The highest BCUT2D eigenvalue weighted by molar-refractivity contribution is 7.17. The van der Waals surface area contributed by atoms with Gasteiger partial charge in [-0.25, -0.2) is 4.98 Å². The Balaban J connectivity index is 1.74. The predicted molar refractivity (Wildman–Crippen MR) is 113 cm³/mol. The largest absolute Gasteiger partial charge is 0.484 e. The molecule has 0 aliphatic heterocycles. The van der Waals surface area contributed by atoms with E-state index < -0.39 is 5.91 Å². The van der Waals surface area contributed by atoms with E-state index in [1.807, 2.05) is 47.9 Å². The maximum Gasteiger partial charge on any atom is 0.262 e. The van der Waals surface area contributed by atoms with Crippen molar-refractivity contribution in [2.75, 3.05) is 0 Å². The molecular formula is C21H18ClN3O3S. The Morgan fingerprint density at radius 2 is 2.14 bits per heavy atom. The summed E-state index contributed by atoms with van der Waals surface area (Å²) in [6, 6.07) is 12.8. The zero-order valence-electron chi connectivity index (χ0n) is 15.5. The fourth-order valence-corrected chi connectivity index (χ4v) is 4.36. The number of pyridine rings is 1. The van der Waals surface area contributed by atoms with Crippen LogP contribution in [0.1, 0.15) is 33.8 Å². The molecular weight excluding hydrogens is 410 g/mol. The molecule has 8 heteroatoms. The highest BCUT2D eigenvalue weighted by Gasteiger charge is 2.21. The number of hydrogen-bond acceptors (Lipinski definition) is 5. The van der Waals surface area contributed by atoms with Gasteiger partial charge in [0.25, 0.3) is 5.91 Å². The molecule has 3 heterocycles. The van der Waals surface area contributed by atoms with Crippen molar-refractivity contribution in [1.82, 2.24) is 9.38 Å². The van der Waals surface area contributed by atoms with Gasteiger partial charge in [-0.1, -0.05) is 35.9 Å². The number of rotatable bonds is 6. The van der Waals surface area contributed by atoms with E-state index in [0.29, 0.717) is 15.6 Å². The van der Waals surface area contributed by atoms with Gasteiger partial charge in [0.1, 0.15) is 22.4 Å². The third-order valence-electron chi connectivity index (χ3n) is 4.57. The number of nitrogens with zero attached hydrogens (tertiary/aromatic N) is 2. The summed E-state index contributed by atoms with van der Waals surface area (Å²) < 4.78 is 7.93. The van der Waals surface area contributed by atoms with Gasteiger partial charge in [0.05, 0.1) is 23.4 Å². The highest BCUT2D eigenvalue weighted by Crippen LogP contribution is 2.39. The minimum absolute atomic E-state index is 0.0752. The first-order valence-electron chi connectivity index (χ1n) is 8.90. The zero-order valence-corrected chi connectivity index (χ0v) is 17.1. The van der Waals surface area contributed by atoms with Crippen molar-refractivity contribution in [3.8, 4) is 16.3 Å². The van der Waals surface area contributed by atoms with E-state index in [9.17, 15) is 9.90 Å². The molecule has 1 amide bonds. The van der Waals surface area contributed by atoms with Gasteiger partial charge in [-0.15, -0.1) is 11.3 Å². The van der Waals surface area contributed by atoms with Crippen molar-refractivity contribution in [1.29, 1.82) is 0 Å². The number of aliphatic hydroxyl groups is 1. The quantitative estimate of drug-likeness (QED) is 0.475. The Hall–Kier alpha value is -2.87. The topological polar surface area (TPSA) is 89.8 Å². The molecule has 1 atom stereocenters.